The standard InChI is InChI=1S/C18H24N4O3S/c1-24-10-11-25-14-15-3-2-4-16(13-15)20-17(23)21-6-8-22(9-7-21)18-19-5-12-26-18/h2-5,12-13H,6-11,14H2,1H3,(H,20,23). The summed E-state index contributed by atoms with van der Waals surface area (Å²) in [6, 6.07) is 7.67. The van der Waals surface area contributed by atoms with E-state index in [1.807, 2.05) is 40.7 Å². The van der Waals surface area contributed by atoms with Gasteiger partial charge in [0.25, 0.3) is 0 Å². The van der Waals surface area contributed by atoms with Crippen molar-refractivity contribution in [3.63, 3.8) is 0 Å². The van der Waals surface area contributed by atoms with Crippen LogP contribution in [-0.4, -0.2) is 62.4 Å². The lowest BCUT2D eigenvalue weighted by molar-refractivity contribution is 0.0617. The number of anilines is 2. The second-order valence-electron chi connectivity index (χ2n) is 5.96. The second-order valence-corrected chi connectivity index (χ2v) is 6.84. The highest BCUT2D eigenvalue weighted by atomic mass is 32.1. The van der Waals surface area contributed by atoms with E-state index in [-0.39, 0.29) is 6.03 Å². The van der Waals surface area contributed by atoms with Gasteiger partial charge in [0, 0.05) is 50.6 Å². The van der Waals surface area contributed by atoms with Crippen LogP contribution in [0.3, 0.4) is 0 Å². The molecule has 0 radical (unpaired) electrons. The number of carbonyl (C=O) groups is 1. The fraction of sp³-hybridized carbons (Fsp3) is 0.444. The van der Waals surface area contributed by atoms with Crippen LogP contribution in [0.25, 0.3) is 0 Å². The molecular formula is C18H24N4O3S. The lowest BCUT2D eigenvalue weighted by Gasteiger charge is -2.34. The molecule has 1 aromatic heterocycles. The molecule has 2 aromatic rings. The number of hydrogen-bond acceptors (Lipinski definition) is 6. The minimum atomic E-state index is -0.0683. The summed E-state index contributed by atoms with van der Waals surface area (Å²) < 4.78 is 10.5. The Morgan fingerprint density at radius 1 is 1.27 bits per heavy atom. The zero-order chi connectivity index (χ0) is 18.2. The number of amides is 2. The molecule has 0 unspecified atom stereocenters. The highest BCUT2D eigenvalue weighted by molar-refractivity contribution is 7.13. The first kappa shape index (κ1) is 18.6. The van der Waals surface area contributed by atoms with Crippen LogP contribution in [-0.2, 0) is 16.1 Å². The molecule has 1 aromatic carbocycles. The average Bonchev–Trinajstić information content (AvgIpc) is 3.20. The first-order chi connectivity index (χ1) is 12.8. The Morgan fingerprint density at radius 2 is 2.12 bits per heavy atom. The molecule has 0 saturated carbocycles. The summed E-state index contributed by atoms with van der Waals surface area (Å²) >= 11 is 1.63. The Bertz CT molecular complexity index is 688. The fourth-order valence-corrected chi connectivity index (χ4v) is 3.44. The molecule has 0 atom stereocenters. The first-order valence-electron chi connectivity index (χ1n) is 8.62. The Kier molecular flexibility index (Phi) is 6.82. The summed E-state index contributed by atoms with van der Waals surface area (Å²) in [7, 11) is 1.65. The van der Waals surface area contributed by atoms with Crippen molar-refractivity contribution in [2.24, 2.45) is 0 Å². The molecule has 1 N–H and O–H groups in total. The van der Waals surface area contributed by atoms with Crippen LogP contribution < -0.4 is 10.2 Å². The van der Waals surface area contributed by atoms with E-state index >= 15 is 0 Å². The predicted molar refractivity (Wildman–Crippen MR) is 103 cm³/mol. The maximum absolute atomic E-state index is 12.5. The van der Waals surface area contributed by atoms with Gasteiger partial charge in [-0.05, 0) is 17.7 Å². The van der Waals surface area contributed by atoms with Crippen molar-refractivity contribution in [3.8, 4) is 0 Å². The van der Waals surface area contributed by atoms with Crippen molar-refractivity contribution < 1.29 is 14.3 Å². The van der Waals surface area contributed by atoms with Gasteiger partial charge in [-0.3, -0.25) is 0 Å². The molecule has 2 heterocycles. The van der Waals surface area contributed by atoms with Gasteiger partial charge < -0.3 is 24.6 Å². The van der Waals surface area contributed by atoms with E-state index in [2.05, 4.69) is 15.2 Å². The molecule has 0 bridgehead atoms. The Labute approximate surface area is 157 Å². The third kappa shape index (κ3) is 5.17. The maximum atomic E-state index is 12.5. The van der Waals surface area contributed by atoms with E-state index in [1.54, 1.807) is 18.4 Å². The van der Waals surface area contributed by atoms with Crippen LogP contribution in [0.5, 0.6) is 0 Å². The smallest absolute Gasteiger partial charge is 0.321 e. The number of ether oxygens (including phenoxy) is 2. The normalized spacial score (nSPS) is 14.5. The minimum Gasteiger partial charge on any atom is -0.382 e. The van der Waals surface area contributed by atoms with Crippen LogP contribution in [0.4, 0.5) is 15.6 Å². The van der Waals surface area contributed by atoms with Crippen molar-refractivity contribution in [3.05, 3.63) is 41.4 Å². The van der Waals surface area contributed by atoms with Crippen LogP contribution in [0, 0.1) is 0 Å². The zero-order valence-corrected chi connectivity index (χ0v) is 15.7. The Morgan fingerprint density at radius 3 is 2.85 bits per heavy atom. The summed E-state index contributed by atoms with van der Waals surface area (Å²) in [5.74, 6) is 0. The number of rotatable bonds is 7. The molecule has 7 nitrogen and oxygen atoms in total. The van der Waals surface area contributed by atoms with Gasteiger partial charge in [-0.15, -0.1) is 11.3 Å². The summed E-state index contributed by atoms with van der Waals surface area (Å²) in [5.41, 5.74) is 1.80. The van der Waals surface area contributed by atoms with Gasteiger partial charge in [-0.2, -0.15) is 0 Å². The average molecular weight is 376 g/mol. The maximum Gasteiger partial charge on any atom is 0.321 e. The van der Waals surface area contributed by atoms with E-state index in [9.17, 15) is 4.79 Å². The number of piperazine rings is 1. The van der Waals surface area contributed by atoms with Crippen molar-refractivity contribution in [1.29, 1.82) is 0 Å². The number of nitrogens with zero attached hydrogens (tertiary/aromatic N) is 3. The van der Waals surface area contributed by atoms with Crippen LogP contribution in [0.1, 0.15) is 5.56 Å². The minimum absolute atomic E-state index is 0.0683. The molecule has 1 fully saturated rings. The van der Waals surface area contributed by atoms with Crippen molar-refractivity contribution in [1.82, 2.24) is 9.88 Å². The molecule has 2 amide bonds. The largest absolute Gasteiger partial charge is 0.382 e. The first-order valence-corrected chi connectivity index (χ1v) is 9.50. The van der Waals surface area contributed by atoms with Crippen molar-refractivity contribution >= 4 is 28.2 Å². The van der Waals surface area contributed by atoms with Crippen LogP contribution in [0.15, 0.2) is 35.8 Å². The summed E-state index contributed by atoms with van der Waals surface area (Å²) in [6.45, 7) is 4.60. The fourth-order valence-electron chi connectivity index (χ4n) is 2.75. The Hall–Kier alpha value is -2.16. The SMILES string of the molecule is COCCOCc1cccc(NC(=O)N2CCN(c3nccs3)CC2)c1. The van der Waals surface area contributed by atoms with Gasteiger partial charge in [0.05, 0.1) is 19.8 Å². The molecule has 0 aliphatic carbocycles. The zero-order valence-electron chi connectivity index (χ0n) is 14.9. The van der Waals surface area contributed by atoms with Crippen LogP contribution >= 0.6 is 11.3 Å². The Balaban J connectivity index is 1.47. The number of thiazole rings is 1. The van der Waals surface area contributed by atoms with Gasteiger partial charge in [0.2, 0.25) is 0 Å². The lowest BCUT2D eigenvalue weighted by atomic mass is 10.2. The van der Waals surface area contributed by atoms with E-state index in [1.165, 1.54) is 0 Å². The third-order valence-corrected chi connectivity index (χ3v) is 4.97. The van der Waals surface area contributed by atoms with E-state index in [4.69, 9.17) is 9.47 Å². The van der Waals surface area contributed by atoms with Gasteiger partial charge >= 0.3 is 6.03 Å². The molecule has 3 rings (SSSR count). The van der Waals surface area contributed by atoms with Gasteiger partial charge in [0.15, 0.2) is 5.13 Å². The monoisotopic (exact) mass is 376 g/mol. The highest BCUT2D eigenvalue weighted by Crippen LogP contribution is 2.19. The number of nitrogens with one attached hydrogen (secondary N) is 1. The molecular weight excluding hydrogens is 352 g/mol. The highest BCUT2D eigenvalue weighted by Gasteiger charge is 2.22. The molecule has 1 aliphatic rings. The third-order valence-electron chi connectivity index (χ3n) is 4.14. The molecule has 140 valence electrons. The summed E-state index contributed by atoms with van der Waals surface area (Å²) in [5, 5.41) is 5.97. The van der Waals surface area contributed by atoms with Gasteiger partial charge in [-0.1, -0.05) is 12.1 Å². The summed E-state index contributed by atoms with van der Waals surface area (Å²) in [4.78, 5) is 20.9. The molecule has 8 heteroatoms. The number of methoxy groups -OCH3 is 1. The summed E-state index contributed by atoms with van der Waals surface area (Å²) in [6.07, 6.45) is 1.81. The second kappa shape index (κ2) is 9.51. The molecule has 0 spiro atoms. The molecule has 26 heavy (non-hydrogen) atoms. The van der Waals surface area contributed by atoms with Gasteiger partial charge in [-0.25, -0.2) is 9.78 Å². The number of aromatic nitrogens is 1. The molecule has 1 aliphatic heterocycles. The number of benzene rings is 1. The van der Waals surface area contributed by atoms with Crippen molar-refractivity contribution in [2.45, 2.75) is 6.61 Å². The molecule has 1 saturated heterocycles. The van der Waals surface area contributed by atoms with E-state index in [0.717, 1.165) is 29.5 Å². The van der Waals surface area contributed by atoms with Crippen molar-refractivity contribution in [2.75, 3.05) is 56.7 Å². The quantitative estimate of drug-likeness (QED) is 0.753. The predicted octanol–water partition coefficient (Wildman–Crippen LogP) is 2.66. The lowest BCUT2D eigenvalue weighted by Crippen LogP contribution is -2.50. The van der Waals surface area contributed by atoms with Crippen LogP contribution in [0.2, 0.25) is 0 Å². The topological polar surface area (TPSA) is 66.9 Å². The van der Waals surface area contributed by atoms with E-state index in [0.29, 0.717) is 32.9 Å². The van der Waals surface area contributed by atoms with E-state index < -0.39 is 0 Å². The number of hydrogen-bond donors (Lipinski definition) is 1. The van der Waals surface area contributed by atoms with Gasteiger partial charge in [0.1, 0.15) is 0 Å². The number of urea groups is 1. The number of carbonyl (C=O) groups excluding carboxylic acids is 1.